The molecule has 0 N–H and O–H groups in total. The second kappa shape index (κ2) is 5.64. The zero-order valence-corrected chi connectivity index (χ0v) is 15.7. The zero-order chi connectivity index (χ0) is 17.7. The number of anilines is 1. The standard InChI is InChI=1S/C19H20ClNO2S/c1-13-5-8-16(9-6-13)24(22,23)21-18-10-7-15(20)11-17(18)14(2)12-19(21,3)4/h5-12H,1-4H3. The highest BCUT2D eigenvalue weighted by Crippen LogP contribution is 2.43. The van der Waals surface area contributed by atoms with E-state index >= 15 is 0 Å². The topological polar surface area (TPSA) is 37.4 Å². The van der Waals surface area contributed by atoms with Crippen molar-refractivity contribution in [3.05, 3.63) is 64.7 Å². The quantitative estimate of drug-likeness (QED) is 0.751. The highest BCUT2D eigenvalue weighted by Gasteiger charge is 2.40. The Morgan fingerprint density at radius 3 is 2.25 bits per heavy atom. The van der Waals surface area contributed by atoms with Gasteiger partial charge in [0.1, 0.15) is 0 Å². The number of fused-ring (bicyclic) bond motifs is 1. The van der Waals surface area contributed by atoms with Crippen LogP contribution in [0.1, 0.15) is 31.9 Å². The lowest BCUT2D eigenvalue weighted by atomic mass is 9.91. The van der Waals surface area contributed by atoms with Crippen LogP contribution in [0.5, 0.6) is 0 Å². The Kier molecular flexibility index (Phi) is 4.01. The lowest BCUT2D eigenvalue weighted by Gasteiger charge is -2.42. The Morgan fingerprint density at radius 2 is 1.62 bits per heavy atom. The molecular weight excluding hydrogens is 342 g/mol. The van der Waals surface area contributed by atoms with Crippen LogP contribution in [0.4, 0.5) is 5.69 Å². The number of halogens is 1. The maximum Gasteiger partial charge on any atom is 0.265 e. The molecule has 0 bridgehead atoms. The van der Waals surface area contributed by atoms with Crippen LogP contribution in [0.3, 0.4) is 0 Å². The molecule has 3 rings (SSSR count). The molecule has 0 unspecified atom stereocenters. The molecule has 1 aliphatic heterocycles. The summed E-state index contributed by atoms with van der Waals surface area (Å²) >= 11 is 6.11. The second-order valence-electron chi connectivity index (χ2n) is 6.72. The monoisotopic (exact) mass is 361 g/mol. The van der Waals surface area contributed by atoms with Crippen molar-refractivity contribution in [3.63, 3.8) is 0 Å². The van der Waals surface area contributed by atoms with Crippen molar-refractivity contribution >= 4 is 32.9 Å². The number of sulfonamides is 1. The van der Waals surface area contributed by atoms with Crippen LogP contribution >= 0.6 is 11.6 Å². The van der Waals surface area contributed by atoms with Gasteiger partial charge in [-0.05, 0) is 63.6 Å². The molecule has 24 heavy (non-hydrogen) atoms. The largest absolute Gasteiger partial charge is 0.265 e. The van der Waals surface area contributed by atoms with E-state index in [9.17, 15) is 8.42 Å². The second-order valence-corrected chi connectivity index (χ2v) is 8.95. The third-order valence-electron chi connectivity index (χ3n) is 4.25. The first-order valence-electron chi connectivity index (χ1n) is 7.74. The number of hydrogen-bond acceptors (Lipinski definition) is 2. The molecule has 1 aliphatic rings. The summed E-state index contributed by atoms with van der Waals surface area (Å²) in [6.07, 6.45) is 1.97. The number of hydrogen-bond donors (Lipinski definition) is 0. The predicted octanol–water partition coefficient (Wildman–Crippen LogP) is 5.04. The van der Waals surface area contributed by atoms with Gasteiger partial charge in [-0.2, -0.15) is 0 Å². The van der Waals surface area contributed by atoms with Gasteiger partial charge >= 0.3 is 0 Å². The molecule has 0 aliphatic carbocycles. The molecule has 0 atom stereocenters. The SMILES string of the molecule is CC1=CC(C)(C)N(S(=O)(=O)c2ccc(C)cc2)c2ccc(Cl)cc21. The number of aryl methyl sites for hydroxylation is 1. The minimum absolute atomic E-state index is 0.287. The van der Waals surface area contributed by atoms with Gasteiger partial charge in [0.05, 0.1) is 16.1 Å². The van der Waals surface area contributed by atoms with Crippen LogP contribution in [-0.2, 0) is 10.0 Å². The molecule has 0 saturated carbocycles. The van der Waals surface area contributed by atoms with E-state index < -0.39 is 15.6 Å². The van der Waals surface area contributed by atoms with Crippen molar-refractivity contribution in [2.75, 3.05) is 4.31 Å². The van der Waals surface area contributed by atoms with Crippen molar-refractivity contribution in [2.24, 2.45) is 0 Å². The van der Waals surface area contributed by atoms with Crippen LogP contribution in [0.2, 0.25) is 5.02 Å². The van der Waals surface area contributed by atoms with Gasteiger partial charge in [0.2, 0.25) is 0 Å². The Hall–Kier alpha value is -1.78. The van der Waals surface area contributed by atoms with Crippen molar-refractivity contribution in [3.8, 4) is 0 Å². The molecule has 126 valence electrons. The Morgan fingerprint density at radius 1 is 1.00 bits per heavy atom. The number of rotatable bonds is 2. The highest BCUT2D eigenvalue weighted by molar-refractivity contribution is 7.93. The first-order valence-corrected chi connectivity index (χ1v) is 9.56. The fourth-order valence-corrected chi connectivity index (χ4v) is 5.19. The summed E-state index contributed by atoms with van der Waals surface area (Å²) in [5.41, 5.74) is 2.87. The lowest BCUT2D eigenvalue weighted by Crippen LogP contribution is -2.48. The third kappa shape index (κ3) is 2.74. The normalized spacial score (nSPS) is 16.5. The van der Waals surface area contributed by atoms with E-state index in [2.05, 4.69) is 0 Å². The molecule has 5 heteroatoms. The fraction of sp³-hybridized carbons (Fsp3) is 0.263. The van der Waals surface area contributed by atoms with Crippen molar-refractivity contribution < 1.29 is 8.42 Å². The van der Waals surface area contributed by atoms with Crippen LogP contribution in [0, 0.1) is 6.92 Å². The van der Waals surface area contributed by atoms with Gasteiger partial charge in [0.25, 0.3) is 10.0 Å². The van der Waals surface area contributed by atoms with E-state index in [-0.39, 0.29) is 4.90 Å². The summed E-state index contributed by atoms with van der Waals surface area (Å²) in [4.78, 5) is 0.287. The fourth-order valence-electron chi connectivity index (χ4n) is 3.23. The van der Waals surface area contributed by atoms with E-state index in [4.69, 9.17) is 11.6 Å². The van der Waals surface area contributed by atoms with Crippen LogP contribution in [0.25, 0.3) is 5.57 Å². The van der Waals surface area contributed by atoms with Crippen molar-refractivity contribution in [1.29, 1.82) is 0 Å². The van der Waals surface area contributed by atoms with Crippen molar-refractivity contribution in [2.45, 2.75) is 38.1 Å². The van der Waals surface area contributed by atoms with Crippen LogP contribution in [0.15, 0.2) is 53.4 Å². The number of allylic oxidation sites excluding steroid dienone is 1. The molecule has 0 amide bonds. The number of benzene rings is 2. The van der Waals surface area contributed by atoms with E-state index in [0.29, 0.717) is 10.7 Å². The predicted molar refractivity (Wildman–Crippen MR) is 100 cm³/mol. The van der Waals surface area contributed by atoms with Gasteiger partial charge in [-0.25, -0.2) is 8.42 Å². The summed E-state index contributed by atoms with van der Waals surface area (Å²) in [5, 5.41) is 0.592. The molecule has 0 fully saturated rings. The Bertz CT molecular complexity index is 928. The van der Waals surface area contributed by atoms with Gasteiger partial charge in [0, 0.05) is 10.6 Å². The smallest absolute Gasteiger partial charge is 0.256 e. The summed E-state index contributed by atoms with van der Waals surface area (Å²) in [6.45, 7) is 7.72. The van der Waals surface area contributed by atoms with E-state index in [1.807, 2.05) is 52.0 Å². The van der Waals surface area contributed by atoms with Gasteiger partial charge in [0.15, 0.2) is 0 Å². The van der Waals surface area contributed by atoms with Crippen molar-refractivity contribution in [1.82, 2.24) is 0 Å². The third-order valence-corrected chi connectivity index (χ3v) is 6.51. The molecule has 0 aromatic heterocycles. The van der Waals surface area contributed by atoms with Crippen LogP contribution < -0.4 is 4.31 Å². The zero-order valence-electron chi connectivity index (χ0n) is 14.2. The summed E-state index contributed by atoms with van der Waals surface area (Å²) in [6, 6.07) is 12.3. The molecule has 1 heterocycles. The molecule has 2 aromatic rings. The van der Waals surface area contributed by atoms with Gasteiger partial charge in [-0.15, -0.1) is 0 Å². The molecule has 0 radical (unpaired) electrons. The highest BCUT2D eigenvalue weighted by atomic mass is 35.5. The van der Waals surface area contributed by atoms with Gasteiger partial charge in [-0.1, -0.05) is 35.4 Å². The first-order chi connectivity index (χ1) is 11.1. The first kappa shape index (κ1) is 17.1. The van der Waals surface area contributed by atoms with Crippen LogP contribution in [-0.4, -0.2) is 14.0 Å². The Labute approximate surface area is 148 Å². The molecule has 0 saturated heterocycles. The van der Waals surface area contributed by atoms with Gasteiger partial charge in [-0.3, -0.25) is 4.31 Å². The minimum atomic E-state index is -3.69. The molecular formula is C19H20ClNO2S. The molecule has 2 aromatic carbocycles. The average molecular weight is 362 g/mol. The van der Waals surface area contributed by atoms with E-state index in [0.717, 1.165) is 16.7 Å². The summed E-state index contributed by atoms with van der Waals surface area (Å²) in [5.74, 6) is 0. The number of nitrogens with zero attached hydrogens (tertiary/aromatic N) is 1. The maximum atomic E-state index is 13.3. The molecule has 3 nitrogen and oxygen atoms in total. The van der Waals surface area contributed by atoms with E-state index in [1.54, 1.807) is 24.3 Å². The average Bonchev–Trinajstić information content (AvgIpc) is 2.47. The van der Waals surface area contributed by atoms with Gasteiger partial charge < -0.3 is 0 Å². The summed E-state index contributed by atoms with van der Waals surface area (Å²) in [7, 11) is -3.69. The molecule has 0 spiro atoms. The van der Waals surface area contributed by atoms with E-state index in [1.165, 1.54) is 4.31 Å². The lowest BCUT2D eigenvalue weighted by molar-refractivity contribution is 0.561. The minimum Gasteiger partial charge on any atom is -0.256 e. The maximum absolute atomic E-state index is 13.3. The Balaban J connectivity index is 2.24. The summed E-state index contributed by atoms with van der Waals surface area (Å²) < 4.78 is 28.2.